The zero-order chi connectivity index (χ0) is 18.6. The van der Waals surface area contributed by atoms with E-state index < -0.39 is 0 Å². The first kappa shape index (κ1) is 24.6. The summed E-state index contributed by atoms with van der Waals surface area (Å²) in [6, 6.07) is 0. The smallest absolute Gasteiger partial charge is 0.222 e. The fraction of sp³-hybridized carbons (Fsp3) is 0.850. The number of rotatable bonds is 19. The molecule has 0 heterocycles. The number of carbonyl (C=O) groups is 2. The number of carbonyl (C=O) groups excluding carboxylic acids is 2. The minimum Gasteiger partial charge on any atom is -0.370 e. The van der Waals surface area contributed by atoms with Crippen molar-refractivity contribution >= 4 is 40.4 Å². The molecule has 25 heavy (non-hydrogen) atoms. The molecule has 0 atom stereocenters. The molecule has 0 aliphatic carbocycles. The van der Waals surface area contributed by atoms with E-state index in [9.17, 15) is 9.59 Å². The third-order valence-electron chi connectivity index (χ3n) is 4.41. The zero-order valence-corrected chi connectivity index (χ0v) is 17.4. The fourth-order valence-corrected chi connectivity index (χ4v) is 3.73. The second kappa shape index (κ2) is 19.9. The van der Waals surface area contributed by atoms with Crippen molar-refractivity contribution in [2.45, 2.75) is 103 Å². The molecule has 0 bridgehead atoms. The Morgan fingerprint density at radius 1 is 0.680 bits per heavy atom. The van der Waals surface area contributed by atoms with Crippen LogP contribution in [0.1, 0.15) is 103 Å². The van der Waals surface area contributed by atoms with Gasteiger partial charge in [-0.2, -0.15) is 0 Å². The molecule has 0 saturated heterocycles. The van der Waals surface area contributed by atoms with Crippen LogP contribution in [0.3, 0.4) is 0 Å². The quantitative estimate of drug-likeness (QED) is 0.219. The Bertz CT molecular complexity index is 349. The highest BCUT2D eigenvalue weighted by Gasteiger charge is 1.98. The topological polar surface area (TPSA) is 60.2 Å². The molecule has 0 saturated carbocycles. The predicted molar refractivity (Wildman–Crippen MR) is 114 cm³/mol. The summed E-state index contributed by atoms with van der Waals surface area (Å²) in [5.74, 6) is 0.745. The number of amides is 1. The molecule has 0 aromatic rings. The number of hydrogen-bond acceptors (Lipinski definition) is 4. The van der Waals surface area contributed by atoms with Crippen molar-refractivity contribution in [1.29, 1.82) is 0 Å². The van der Waals surface area contributed by atoms with Crippen LogP contribution >= 0.6 is 24.0 Å². The monoisotopic (exact) mass is 387 g/mol. The van der Waals surface area contributed by atoms with Crippen molar-refractivity contribution in [3.63, 3.8) is 0 Å². The van der Waals surface area contributed by atoms with Crippen LogP contribution in [0.25, 0.3) is 0 Å². The molecule has 0 aromatic heterocycles. The normalized spacial score (nSPS) is 10.7. The van der Waals surface area contributed by atoms with Gasteiger partial charge in [0.05, 0.1) is 5.37 Å². The van der Waals surface area contributed by atoms with Crippen molar-refractivity contribution in [1.82, 2.24) is 0 Å². The lowest BCUT2D eigenvalue weighted by Gasteiger charge is -2.03. The number of nitrogens with two attached hydrogens (primary N) is 1. The van der Waals surface area contributed by atoms with E-state index in [0.29, 0.717) is 6.42 Å². The second-order valence-corrected chi connectivity index (χ2v) is 8.14. The second-order valence-electron chi connectivity index (χ2n) is 6.80. The van der Waals surface area contributed by atoms with E-state index in [1.165, 1.54) is 94.2 Å². The molecule has 0 fully saturated rings. The molecule has 5 heteroatoms. The Morgan fingerprint density at radius 2 is 1.04 bits per heavy atom. The van der Waals surface area contributed by atoms with E-state index in [4.69, 9.17) is 5.73 Å². The fourth-order valence-electron chi connectivity index (χ4n) is 2.91. The van der Waals surface area contributed by atoms with E-state index in [2.05, 4.69) is 12.2 Å². The third-order valence-corrected chi connectivity index (χ3v) is 5.67. The van der Waals surface area contributed by atoms with Gasteiger partial charge in [0.1, 0.15) is 0 Å². The van der Waals surface area contributed by atoms with Crippen LogP contribution in [0.15, 0.2) is 0 Å². The summed E-state index contributed by atoms with van der Waals surface area (Å²) >= 11 is 5.93. The number of thiocarbonyl (C=S) groups is 1. The maximum atomic E-state index is 11.0. The maximum Gasteiger partial charge on any atom is 0.222 e. The number of unbranched alkanes of at least 4 members (excludes halogenated alkanes) is 14. The molecule has 0 aromatic carbocycles. The van der Waals surface area contributed by atoms with Crippen LogP contribution in [0.4, 0.5) is 0 Å². The molecular weight excluding hydrogens is 350 g/mol. The van der Waals surface area contributed by atoms with E-state index in [0.717, 1.165) is 25.0 Å². The van der Waals surface area contributed by atoms with Gasteiger partial charge in [-0.05, 0) is 12.8 Å². The summed E-state index contributed by atoms with van der Waals surface area (Å²) in [5, 5.41) is 1.26. The van der Waals surface area contributed by atoms with Crippen molar-refractivity contribution in [3.05, 3.63) is 0 Å². The van der Waals surface area contributed by atoms with Gasteiger partial charge in [-0.1, -0.05) is 107 Å². The largest absolute Gasteiger partial charge is 0.370 e. The highest BCUT2D eigenvalue weighted by atomic mass is 32.2. The van der Waals surface area contributed by atoms with Gasteiger partial charge in [-0.15, -0.1) is 0 Å². The Balaban J connectivity index is 3.04. The van der Waals surface area contributed by atoms with Gasteiger partial charge in [-0.3, -0.25) is 9.59 Å². The molecule has 0 aliphatic heterocycles. The first-order chi connectivity index (χ1) is 12.2. The Hall–Kier alpha value is -0.420. The van der Waals surface area contributed by atoms with Gasteiger partial charge in [0, 0.05) is 12.2 Å². The van der Waals surface area contributed by atoms with Crippen LogP contribution < -0.4 is 5.73 Å². The summed E-state index contributed by atoms with van der Waals surface area (Å²) in [6.07, 6.45) is 19.7. The number of thioether (sulfide) groups is 1. The SMILES string of the molecule is NC(=O)CCCCCCCCCCCCCCCCCSC(=O)C=S. The van der Waals surface area contributed by atoms with Crippen molar-refractivity contribution in [2.24, 2.45) is 5.73 Å². The first-order valence-electron chi connectivity index (χ1n) is 10.1. The summed E-state index contributed by atoms with van der Waals surface area (Å²) in [6.45, 7) is 0. The molecule has 0 aliphatic rings. The average Bonchev–Trinajstić information content (AvgIpc) is 2.60. The van der Waals surface area contributed by atoms with E-state index in [1.54, 1.807) is 0 Å². The summed E-state index contributed by atoms with van der Waals surface area (Å²) in [5.41, 5.74) is 5.12. The molecule has 2 N–H and O–H groups in total. The minimum absolute atomic E-state index is 0.0260. The Kier molecular flexibility index (Phi) is 19.6. The standard InChI is InChI=1S/C20H37NO2S2/c21-19(22)16-14-12-10-8-6-4-2-1-3-5-7-9-11-13-15-17-25-20(23)18-24/h18H,1-17H2,(H2,21,22). The van der Waals surface area contributed by atoms with Crippen molar-refractivity contribution in [2.75, 3.05) is 5.75 Å². The molecular formula is C20H37NO2S2. The van der Waals surface area contributed by atoms with Gasteiger partial charge >= 0.3 is 0 Å². The molecule has 1 amide bonds. The lowest BCUT2D eigenvalue weighted by molar-refractivity contribution is -0.118. The van der Waals surface area contributed by atoms with E-state index >= 15 is 0 Å². The molecule has 3 nitrogen and oxygen atoms in total. The van der Waals surface area contributed by atoms with Gasteiger partial charge in [0.25, 0.3) is 0 Å². The average molecular weight is 388 g/mol. The third kappa shape index (κ3) is 21.5. The molecule has 0 rings (SSSR count). The van der Waals surface area contributed by atoms with E-state index in [1.807, 2.05) is 0 Å². The Labute approximate surface area is 164 Å². The van der Waals surface area contributed by atoms with E-state index in [-0.39, 0.29) is 11.0 Å². The Morgan fingerprint density at radius 3 is 1.40 bits per heavy atom. The van der Waals surface area contributed by atoms with Crippen LogP contribution in [-0.4, -0.2) is 22.1 Å². The molecule has 0 radical (unpaired) electrons. The first-order valence-corrected chi connectivity index (χ1v) is 11.5. The van der Waals surface area contributed by atoms with Crippen LogP contribution in [0.5, 0.6) is 0 Å². The molecule has 0 unspecified atom stereocenters. The van der Waals surface area contributed by atoms with Gasteiger partial charge < -0.3 is 5.73 Å². The van der Waals surface area contributed by atoms with Gasteiger partial charge in [0.2, 0.25) is 11.0 Å². The van der Waals surface area contributed by atoms with Crippen LogP contribution in [0.2, 0.25) is 0 Å². The summed E-state index contributed by atoms with van der Waals surface area (Å²) < 4.78 is 0. The summed E-state index contributed by atoms with van der Waals surface area (Å²) in [4.78, 5) is 21.6. The highest BCUT2D eigenvalue weighted by Crippen LogP contribution is 2.14. The van der Waals surface area contributed by atoms with Crippen LogP contribution in [-0.2, 0) is 9.59 Å². The molecule has 0 spiro atoms. The predicted octanol–water partition coefficient (Wildman–Crippen LogP) is 5.97. The minimum atomic E-state index is -0.169. The van der Waals surface area contributed by atoms with Gasteiger partial charge in [0.15, 0.2) is 0 Å². The summed E-state index contributed by atoms with van der Waals surface area (Å²) in [7, 11) is 0. The molecule has 146 valence electrons. The highest BCUT2D eigenvalue weighted by molar-refractivity contribution is 8.16. The van der Waals surface area contributed by atoms with Gasteiger partial charge in [-0.25, -0.2) is 0 Å². The van der Waals surface area contributed by atoms with Crippen LogP contribution in [0, 0.1) is 0 Å². The lowest BCUT2D eigenvalue weighted by atomic mass is 10.0. The zero-order valence-electron chi connectivity index (χ0n) is 15.8. The maximum absolute atomic E-state index is 11.0. The number of primary amides is 1. The number of hydrogen-bond donors (Lipinski definition) is 1. The van der Waals surface area contributed by atoms with Crippen molar-refractivity contribution < 1.29 is 9.59 Å². The van der Waals surface area contributed by atoms with Crippen molar-refractivity contribution in [3.8, 4) is 0 Å². The lowest BCUT2D eigenvalue weighted by Crippen LogP contribution is -2.09.